The molecule has 16 heavy (non-hydrogen) atoms. The highest BCUT2D eigenvalue weighted by Crippen LogP contribution is 2.06. The second kappa shape index (κ2) is 7.22. The van der Waals surface area contributed by atoms with Crippen LogP contribution in [0.25, 0.3) is 0 Å². The van der Waals surface area contributed by atoms with Crippen molar-refractivity contribution in [3.8, 4) is 0 Å². The molecule has 0 aromatic rings. The number of aliphatic hydroxyl groups is 1. The highest BCUT2D eigenvalue weighted by atomic mass is 16.3. The van der Waals surface area contributed by atoms with Gasteiger partial charge in [0.25, 0.3) is 0 Å². The maximum absolute atomic E-state index is 12.0. The van der Waals surface area contributed by atoms with E-state index >= 15 is 0 Å². The summed E-state index contributed by atoms with van der Waals surface area (Å²) < 4.78 is 0. The molecule has 0 rings (SSSR count). The molecule has 1 unspecified atom stereocenters. The smallest absolute Gasteiger partial charge is 0.245 e. The summed E-state index contributed by atoms with van der Waals surface area (Å²) in [6.07, 6.45) is 0. The largest absolute Gasteiger partial charge is 0.395 e. The molecule has 0 saturated heterocycles. The van der Waals surface area contributed by atoms with Crippen LogP contribution < -0.4 is 5.32 Å². The van der Waals surface area contributed by atoms with Crippen LogP contribution in [-0.2, 0) is 9.59 Å². The number of nitrogens with zero attached hydrogens (tertiary/aromatic N) is 1. The molecule has 0 aliphatic rings. The number of carbonyl (C=O) groups excluding carboxylic acids is 2. The van der Waals surface area contributed by atoms with Gasteiger partial charge < -0.3 is 15.3 Å². The van der Waals surface area contributed by atoms with Crippen molar-refractivity contribution < 1.29 is 14.7 Å². The molecule has 0 radical (unpaired) electrons. The maximum Gasteiger partial charge on any atom is 0.245 e. The van der Waals surface area contributed by atoms with Crippen LogP contribution in [0.1, 0.15) is 27.7 Å². The first kappa shape index (κ1) is 14.9. The van der Waals surface area contributed by atoms with Gasteiger partial charge in [0.2, 0.25) is 11.8 Å². The topological polar surface area (TPSA) is 69.6 Å². The lowest BCUT2D eigenvalue weighted by molar-refractivity contribution is -0.137. The van der Waals surface area contributed by atoms with Crippen LogP contribution in [0.3, 0.4) is 0 Å². The molecule has 0 aliphatic carbocycles. The summed E-state index contributed by atoms with van der Waals surface area (Å²) in [5.74, 6) is -0.321. The van der Waals surface area contributed by atoms with Crippen molar-refractivity contribution in [1.82, 2.24) is 10.2 Å². The van der Waals surface area contributed by atoms with E-state index < -0.39 is 6.04 Å². The van der Waals surface area contributed by atoms with Crippen molar-refractivity contribution in [3.63, 3.8) is 0 Å². The molecule has 0 aromatic carbocycles. The van der Waals surface area contributed by atoms with Gasteiger partial charge >= 0.3 is 0 Å². The molecule has 1 atom stereocenters. The molecule has 0 aliphatic heterocycles. The highest BCUT2D eigenvalue weighted by molar-refractivity contribution is 5.87. The molecule has 2 amide bonds. The number of nitrogens with one attached hydrogen (secondary N) is 1. The van der Waals surface area contributed by atoms with E-state index in [9.17, 15) is 9.59 Å². The lowest BCUT2D eigenvalue weighted by Gasteiger charge is -2.28. The zero-order chi connectivity index (χ0) is 12.7. The first-order chi connectivity index (χ1) is 7.43. The van der Waals surface area contributed by atoms with Gasteiger partial charge in [-0.3, -0.25) is 9.59 Å². The average molecular weight is 230 g/mol. The Labute approximate surface area is 96.8 Å². The van der Waals surface area contributed by atoms with Gasteiger partial charge in [0.1, 0.15) is 6.04 Å². The minimum absolute atomic E-state index is 0.0316. The van der Waals surface area contributed by atoms with Crippen LogP contribution >= 0.6 is 0 Å². The SMILES string of the molecule is CCN(CCO)C(=O)C(NC(C)=O)C(C)C. The molecular weight excluding hydrogens is 208 g/mol. The number of carbonyl (C=O) groups is 2. The maximum atomic E-state index is 12.0. The molecule has 0 aromatic heterocycles. The van der Waals surface area contributed by atoms with Gasteiger partial charge in [-0.2, -0.15) is 0 Å². The minimum atomic E-state index is -0.510. The Hall–Kier alpha value is -1.10. The number of hydrogen-bond donors (Lipinski definition) is 2. The van der Waals surface area contributed by atoms with Gasteiger partial charge in [0.15, 0.2) is 0 Å². The Morgan fingerprint density at radius 2 is 1.94 bits per heavy atom. The Morgan fingerprint density at radius 3 is 2.25 bits per heavy atom. The highest BCUT2D eigenvalue weighted by Gasteiger charge is 2.26. The molecule has 0 bridgehead atoms. The second-order valence-corrected chi connectivity index (χ2v) is 4.06. The van der Waals surface area contributed by atoms with E-state index in [1.807, 2.05) is 20.8 Å². The molecule has 0 saturated carbocycles. The van der Waals surface area contributed by atoms with E-state index in [2.05, 4.69) is 5.32 Å². The number of hydrogen-bond acceptors (Lipinski definition) is 3. The lowest BCUT2D eigenvalue weighted by atomic mass is 10.0. The molecular formula is C11H22N2O3. The fourth-order valence-corrected chi connectivity index (χ4v) is 1.47. The van der Waals surface area contributed by atoms with Crippen LogP contribution in [0.4, 0.5) is 0 Å². The van der Waals surface area contributed by atoms with Crippen molar-refractivity contribution >= 4 is 11.8 Å². The molecule has 5 nitrogen and oxygen atoms in total. The van der Waals surface area contributed by atoms with E-state index in [4.69, 9.17) is 5.11 Å². The van der Waals surface area contributed by atoms with Crippen LogP contribution in [0.15, 0.2) is 0 Å². The summed E-state index contributed by atoms with van der Waals surface area (Å²) in [6, 6.07) is -0.510. The predicted octanol–water partition coefficient (Wildman–Crippen LogP) is -0.0121. The van der Waals surface area contributed by atoms with E-state index in [-0.39, 0.29) is 24.3 Å². The van der Waals surface area contributed by atoms with Crippen molar-refractivity contribution in [2.24, 2.45) is 5.92 Å². The zero-order valence-electron chi connectivity index (χ0n) is 10.5. The summed E-state index contributed by atoms with van der Waals surface area (Å²) in [7, 11) is 0. The third-order valence-electron chi connectivity index (χ3n) is 2.35. The van der Waals surface area contributed by atoms with Crippen molar-refractivity contribution in [3.05, 3.63) is 0 Å². The fourth-order valence-electron chi connectivity index (χ4n) is 1.47. The minimum Gasteiger partial charge on any atom is -0.395 e. The standard InChI is InChI=1S/C11H22N2O3/c1-5-13(6-7-14)11(16)10(8(2)3)12-9(4)15/h8,10,14H,5-7H2,1-4H3,(H,12,15). The number of aliphatic hydroxyl groups excluding tert-OH is 1. The summed E-state index contributed by atoms with van der Waals surface area (Å²) in [5.41, 5.74) is 0. The Morgan fingerprint density at radius 1 is 1.38 bits per heavy atom. The molecule has 0 heterocycles. The summed E-state index contributed by atoms with van der Waals surface area (Å²) in [5, 5.41) is 11.5. The van der Waals surface area contributed by atoms with E-state index in [1.165, 1.54) is 6.92 Å². The Balaban J connectivity index is 4.63. The van der Waals surface area contributed by atoms with Crippen molar-refractivity contribution in [2.75, 3.05) is 19.7 Å². The van der Waals surface area contributed by atoms with E-state index in [0.29, 0.717) is 13.1 Å². The average Bonchev–Trinajstić information content (AvgIpc) is 2.21. The summed E-state index contributed by atoms with van der Waals surface area (Å²) >= 11 is 0. The Bertz CT molecular complexity index is 241. The van der Waals surface area contributed by atoms with Crippen LogP contribution in [0, 0.1) is 5.92 Å². The monoisotopic (exact) mass is 230 g/mol. The van der Waals surface area contributed by atoms with Crippen molar-refractivity contribution in [2.45, 2.75) is 33.7 Å². The number of amides is 2. The first-order valence-corrected chi connectivity index (χ1v) is 5.60. The van der Waals surface area contributed by atoms with Crippen LogP contribution in [0.5, 0.6) is 0 Å². The molecule has 0 spiro atoms. The number of rotatable bonds is 6. The zero-order valence-corrected chi connectivity index (χ0v) is 10.5. The summed E-state index contributed by atoms with van der Waals surface area (Å²) in [4.78, 5) is 24.6. The van der Waals surface area contributed by atoms with Gasteiger partial charge in [-0.25, -0.2) is 0 Å². The molecule has 0 fully saturated rings. The number of likely N-dealkylation sites (N-methyl/N-ethyl adjacent to an activating group) is 1. The Kier molecular flexibility index (Phi) is 6.72. The van der Waals surface area contributed by atoms with Gasteiger partial charge in [-0.1, -0.05) is 13.8 Å². The van der Waals surface area contributed by atoms with Gasteiger partial charge in [0.05, 0.1) is 6.61 Å². The fraction of sp³-hybridized carbons (Fsp3) is 0.818. The van der Waals surface area contributed by atoms with Crippen molar-refractivity contribution in [1.29, 1.82) is 0 Å². The third-order valence-corrected chi connectivity index (χ3v) is 2.35. The predicted molar refractivity (Wildman–Crippen MR) is 61.8 cm³/mol. The second-order valence-electron chi connectivity index (χ2n) is 4.06. The first-order valence-electron chi connectivity index (χ1n) is 5.60. The van der Waals surface area contributed by atoms with Crippen LogP contribution in [0.2, 0.25) is 0 Å². The van der Waals surface area contributed by atoms with E-state index in [0.717, 1.165) is 0 Å². The normalized spacial score (nSPS) is 12.4. The van der Waals surface area contributed by atoms with Crippen LogP contribution in [-0.4, -0.2) is 47.6 Å². The van der Waals surface area contributed by atoms with E-state index in [1.54, 1.807) is 4.90 Å². The van der Waals surface area contributed by atoms with Gasteiger partial charge in [-0.15, -0.1) is 0 Å². The molecule has 5 heteroatoms. The molecule has 2 N–H and O–H groups in total. The van der Waals surface area contributed by atoms with Gasteiger partial charge in [0, 0.05) is 20.0 Å². The summed E-state index contributed by atoms with van der Waals surface area (Å²) in [6.45, 7) is 7.77. The van der Waals surface area contributed by atoms with Gasteiger partial charge in [-0.05, 0) is 12.8 Å². The quantitative estimate of drug-likeness (QED) is 0.674. The third kappa shape index (κ3) is 4.61. The lowest BCUT2D eigenvalue weighted by Crippen LogP contribution is -2.51. The molecule has 94 valence electrons.